The summed E-state index contributed by atoms with van der Waals surface area (Å²) in [6.45, 7) is 5.01. The maximum absolute atomic E-state index is 12.4. The Labute approximate surface area is 64.8 Å². The van der Waals surface area contributed by atoms with E-state index in [4.69, 9.17) is 0 Å². The van der Waals surface area contributed by atoms with Gasteiger partial charge in [-0.05, 0) is 0 Å². The van der Waals surface area contributed by atoms with Crippen molar-refractivity contribution in [3.8, 4) is 0 Å². The SMILES string of the molecule is CC(C)(C)C(=O)C1CC1(F)F. The fourth-order valence-corrected chi connectivity index (χ4v) is 1.02. The normalized spacial score (nSPS) is 28.3. The fraction of sp³-hybridized carbons (Fsp3) is 0.875. The first-order valence-electron chi connectivity index (χ1n) is 3.67. The molecule has 64 valence electrons. The maximum atomic E-state index is 12.4. The monoisotopic (exact) mass is 162 g/mol. The number of carbonyl (C=O) groups is 1. The first-order valence-corrected chi connectivity index (χ1v) is 3.67. The summed E-state index contributed by atoms with van der Waals surface area (Å²) in [5, 5.41) is 0. The fourth-order valence-electron chi connectivity index (χ4n) is 1.02. The molecule has 0 N–H and O–H groups in total. The molecule has 3 heteroatoms. The van der Waals surface area contributed by atoms with Gasteiger partial charge in [0, 0.05) is 11.8 Å². The van der Waals surface area contributed by atoms with E-state index in [2.05, 4.69) is 0 Å². The van der Waals surface area contributed by atoms with Gasteiger partial charge in [-0.2, -0.15) is 0 Å². The summed E-state index contributed by atoms with van der Waals surface area (Å²) in [5.74, 6) is -4.02. The van der Waals surface area contributed by atoms with Crippen molar-refractivity contribution in [3.63, 3.8) is 0 Å². The molecule has 0 amide bonds. The van der Waals surface area contributed by atoms with E-state index in [1.165, 1.54) is 0 Å². The molecule has 1 nitrogen and oxygen atoms in total. The molecule has 11 heavy (non-hydrogen) atoms. The highest BCUT2D eigenvalue weighted by molar-refractivity contribution is 5.89. The molecule has 0 aromatic heterocycles. The molecule has 1 unspecified atom stereocenters. The third-order valence-electron chi connectivity index (χ3n) is 1.88. The minimum Gasteiger partial charge on any atom is -0.299 e. The van der Waals surface area contributed by atoms with E-state index < -0.39 is 17.3 Å². The molecular weight excluding hydrogens is 150 g/mol. The standard InChI is InChI=1S/C8H12F2O/c1-7(2,3)6(11)5-4-8(5,9)10/h5H,4H2,1-3H3. The van der Waals surface area contributed by atoms with Crippen molar-refractivity contribution >= 4 is 5.78 Å². The second kappa shape index (κ2) is 2.02. The van der Waals surface area contributed by atoms with Crippen LogP contribution in [0, 0.1) is 11.3 Å². The molecule has 0 saturated heterocycles. The Balaban J connectivity index is 2.60. The van der Waals surface area contributed by atoms with Crippen molar-refractivity contribution in [1.29, 1.82) is 0 Å². The largest absolute Gasteiger partial charge is 0.299 e. The van der Waals surface area contributed by atoms with Crippen LogP contribution in [0.1, 0.15) is 27.2 Å². The zero-order valence-electron chi connectivity index (χ0n) is 6.95. The Morgan fingerprint density at radius 2 is 1.82 bits per heavy atom. The van der Waals surface area contributed by atoms with Gasteiger partial charge in [0.15, 0.2) is 0 Å². The Kier molecular flexibility index (Phi) is 1.58. The summed E-state index contributed by atoms with van der Waals surface area (Å²) in [6, 6.07) is 0. The molecule has 0 aromatic rings. The van der Waals surface area contributed by atoms with Gasteiger partial charge in [0.05, 0.1) is 5.92 Å². The molecule has 1 atom stereocenters. The van der Waals surface area contributed by atoms with Crippen molar-refractivity contribution in [2.24, 2.45) is 11.3 Å². The zero-order valence-corrected chi connectivity index (χ0v) is 6.95. The topological polar surface area (TPSA) is 17.1 Å². The predicted molar refractivity (Wildman–Crippen MR) is 37.5 cm³/mol. The first kappa shape index (κ1) is 8.62. The molecule has 0 bridgehead atoms. The molecule has 0 radical (unpaired) electrons. The number of halogens is 2. The Morgan fingerprint density at radius 1 is 1.45 bits per heavy atom. The van der Waals surface area contributed by atoms with Gasteiger partial charge in [-0.25, -0.2) is 8.78 Å². The number of carbonyl (C=O) groups excluding carboxylic acids is 1. The summed E-state index contributed by atoms with van der Waals surface area (Å²) in [7, 11) is 0. The Hall–Kier alpha value is -0.470. The molecule has 1 saturated carbocycles. The quantitative estimate of drug-likeness (QED) is 0.578. The third kappa shape index (κ3) is 1.57. The Morgan fingerprint density at radius 3 is 1.91 bits per heavy atom. The van der Waals surface area contributed by atoms with Gasteiger partial charge in [-0.3, -0.25) is 4.79 Å². The van der Waals surface area contributed by atoms with Crippen LogP contribution in [-0.4, -0.2) is 11.7 Å². The van der Waals surface area contributed by atoms with Crippen LogP contribution in [0.25, 0.3) is 0 Å². The van der Waals surface area contributed by atoms with Gasteiger partial charge in [0.1, 0.15) is 5.78 Å². The van der Waals surface area contributed by atoms with E-state index in [-0.39, 0.29) is 12.2 Å². The average Bonchev–Trinajstić information content (AvgIpc) is 2.36. The third-order valence-corrected chi connectivity index (χ3v) is 1.88. The highest BCUT2D eigenvalue weighted by Crippen LogP contribution is 2.51. The van der Waals surface area contributed by atoms with Crippen LogP contribution in [-0.2, 0) is 4.79 Å². The second-order valence-corrected chi connectivity index (χ2v) is 4.13. The molecule has 0 heterocycles. The van der Waals surface area contributed by atoms with E-state index in [1.807, 2.05) is 0 Å². The smallest absolute Gasteiger partial charge is 0.258 e. The number of hydrogen-bond acceptors (Lipinski definition) is 1. The van der Waals surface area contributed by atoms with E-state index in [0.717, 1.165) is 0 Å². The summed E-state index contributed by atoms with van der Waals surface area (Å²) < 4.78 is 24.7. The molecule has 1 fully saturated rings. The molecule has 0 aromatic carbocycles. The van der Waals surface area contributed by atoms with E-state index in [0.29, 0.717) is 0 Å². The molecule has 0 spiro atoms. The second-order valence-electron chi connectivity index (χ2n) is 4.13. The van der Waals surface area contributed by atoms with Gasteiger partial charge in [-0.1, -0.05) is 20.8 Å². The number of alkyl halides is 2. The lowest BCUT2D eigenvalue weighted by Crippen LogP contribution is -2.24. The van der Waals surface area contributed by atoms with Crippen molar-refractivity contribution in [2.75, 3.05) is 0 Å². The summed E-state index contributed by atoms with van der Waals surface area (Å²) in [6.07, 6.45) is -0.247. The lowest BCUT2D eigenvalue weighted by atomic mass is 9.88. The van der Waals surface area contributed by atoms with Crippen molar-refractivity contribution < 1.29 is 13.6 Å². The molecule has 1 aliphatic carbocycles. The number of hydrogen-bond donors (Lipinski definition) is 0. The Bertz CT molecular complexity index is 191. The van der Waals surface area contributed by atoms with E-state index >= 15 is 0 Å². The zero-order chi connectivity index (χ0) is 8.86. The van der Waals surface area contributed by atoms with Crippen LogP contribution >= 0.6 is 0 Å². The van der Waals surface area contributed by atoms with Gasteiger partial charge < -0.3 is 0 Å². The molecular formula is C8H12F2O. The predicted octanol–water partition coefficient (Wildman–Crippen LogP) is 2.26. The number of rotatable bonds is 1. The van der Waals surface area contributed by atoms with Gasteiger partial charge in [-0.15, -0.1) is 0 Å². The van der Waals surface area contributed by atoms with Crippen LogP contribution in [0.15, 0.2) is 0 Å². The number of ketones is 1. The van der Waals surface area contributed by atoms with Gasteiger partial charge in [0.25, 0.3) is 5.92 Å². The maximum Gasteiger partial charge on any atom is 0.258 e. The molecule has 1 aliphatic rings. The van der Waals surface area contributed by atoms with Crippen LogP contribution < -0.4 is 0 Å². The average molecular weight is 162 g/mol. The molecule has 1 rings (SSSR count). The lowest BCUT2D eigenvalue weighted by Gasteiger charge is -2.15. The van der Waals surface area contributed by atoms with Crippen LogP contribution in [0.2, 0.25) is 0 Å². The van der Waals surface area contributed by atoms with Crippen LogP contribution in [0.3, 0.4) is 0 Å². The van der Waals surface area contributed by atoms with E-state index in [1.54, 1.807) is 20.8 Å². The number of Topliss-reactive ketones (excluding diaryl/α,β-unsaturated/α-hetero) is 1. The van der Waals surface area contributed by atoms with Crippen molar-refractivity contribution in [1.82, 2.24) is 0 Å². The lowest BCUT2D eigenvalue weighted by molar-refractivity contribution is -0.129. The van der Waals surface area contributed by atoms with Crippen LogP contribution in [0.4, 0.5) is 8.78 Å². The first-order chi connectivity index (χ1) is 4.75. The summed E-state index contributed by atoms with van der Waals surface area (Å²) in [5.41, 5.74) is -0.620. The molecule has 0 aliphatic heterocycles. The van der Waals surface area contributed by atoms with Gasteiger partial charge >= 0.3 is 0 Å². The van der Waals surface area contributed by atoms with Crippen molar-refractivity contribution in [2.45, 2.75) is 33.1 Å². The highest BCUT2D eigenvalue weighted by Gasteiger charge is 2.62. The summed E-state index contributed by atoms with van der Waals surface area (Å²) >= 11 is 0. The van der Waals surface area contributed by atoms with Crippen LogP contribution in [0.5, 0.6) is 0 Å². The summed E-state index contributed by atoms with van der Waals surface area (Å²) in [4.78, 5) is 11.2. The highest BCUT2D eigenvalue weighted by atomic mass is 19.3. The van der Waals surface area contributed by atoms with E-state index in [9.17, 15) is 13.6 Å². The van der Waals surface area contributed by atoms with Gasteiger partial charge in [0.2, 0.25) is 0 Å². The minimum atomic E-state index is -2.70. The van der Waals surface area contributed by atoms with Crippen molar-refractivity contribution in [3.05, 3.63) is 0 Å². The minimum absolute atomic E-state index is 0.247.